The average Bonchev–Trinajstić information content (AvgIpc) is 2.34. The Labute approximate surface area is 143 Å². The highest BCUT2D eigenvalue weighted by Crippen LogP contribution is 2.31. The summed E-state index contributed by atoms with van der Waals surface area (Å²) >= 11 is 0. The topological polar surface area (TPSA) is 54.4 Å². The summed E-state index contributed by atoms with van der Waals surface area (Å²) in [6, 6.07) is 3.75. The molecule has 0 unspecified atom stereocenters. The van der Waals surface area contributed by atoms with E-state index in [1.165, 1.54) is 6.08 Å². The lowest BCUT2D eigenvalue weighted by Crippen LogP contribution is -2.44. The third-order valence-corrected chi connectivity index (χ3v) is 8.73. The second-order valence-corrected chi connectivity index (χ2v) is 12.7. The van der Waals surface area contributed by atoms with E-state index in [0.717, 1.165) is 10.8 Å². The van der Waals surface area contributed by atoms with Crippen LogP contribution in [-0.2, 0) is 15.5 Å². The fraction of sp³-hybridized carbons (Fsp3) is 0.556. The van der Waals surface area contributed by atoms with Crippen LogP contribution < -0.4 is 5.19 Å². The predicted molar refractivity (Wildman–Crippen MR) is 101 cm³/mol. The molecule has 0 aliphatic heterocycles. The summed E-state index contributed by atoms with van der Waals surface area (Å²) in [6.07, 6.45) is 1.51. The molecule has 0 saturated carbocycles. The number of benzene rings is 1. The molecular formula is C18H29O3SSi. The molecule has 1 aromatic carbocycles. The third kappa shape index (κ3) is 4.34. The van der Waals surface area contributed by atoms with Crippen molar-refractivity contribution >= 4 is 30.2 Å². The zero-order valence-electron chi connectivity index (χ0n) is 15.3. The molecule has 0 aliphatic rings. The van der Waals surface area contributed by atoms with Gasteiger partial charge in [0, 0.05) is 0 Å². The van der Waals surface area contributed by atoms with E-state index in [4.69, 9.17) is 0 Å². The van der Waals surface area contributed by atoms with Crippen molar-refractivity contribution in [3.05, 3.63) is 29.8 Å². The molecule has 0 atom stereocenters. The quantitative estimate of drug-likeness (QED) is 0.631. The largest absolute Gasteiger partial charge is 0.294 e. The van der Waals surface area contributed by atoms with Gasteiger partial charge in [0.15, 0.2) is 0 Å². The maximum atomic E-state index is 12.2. The van der Waals surface area contributed by atoms with Gasteiger partial charge in [-0.15, -0.1) is 0 Å². The molecule has 0 amide bonds. The molecule has 0 bridgehead atoms. The van der Waals surface area contributed by atoms with Crippen molar-refractivity contribution in [2.75, 3.05) is 0 Å². The summed E-state index contributed by atoms with van der Waals surface area (Å²) in [5.74, 6) is 0. The van der Waals surface area contributed by atoms with Crippen molar-refractivity contribution in [3.8, 4) is 0 Å². The first-order valence-corrected chi connectivity index (χ1v) is 11.1. The van der Waals surface area contributed by atoms with E-state index in [-0.39, 0.29) is 10.3 Å². The van der Waals surface area contributed by atoms with Crippen LogP contribution in [0.3, 0.4) is 0 Å². The van der Waals surface area contributed by atoms with Gasteiger partial charge < -0.3 is 0 Å². The van der Waals surface area contributed by atoms with Crippen LogP contribution in [0.2, 0.25) is 11.1 Å². The zero-order chi connectivity index (χ0) is 18.2. The van der Waals surface area contributed by atoms with E-state index < -0.39 is 18.9 Å². The molecule has 1 aromatic rings. The Kier molecular flexibility index (Phi) is 6.05. The molecule has 5 heteroatoms. The monoisotopic (exact) mass is 353 g/mol. The molecule has 0 heterocycles. The highest BCUT2D eigenvalue weighted by molar-refractivity contribution is 7.86. The van der Waals surface area contributed by atoms with Gasteiger partial charge in [0.05, 0.1) is 8.80 Å². The molecule has 0 spiro atoms. The van der Waals surface area contributed by atoms with Crippen molar-refractivity contribution in [1.29, 1.82) is 0 Å². The lowest BCUT2D eigenvalue weighted by molar-refractivity contribution is 0.483. The second kappa shape index (κ2) is 6.91. The normalized spacial score (nSPS) is 13.2. The first-order chi connectivity index (χ1) is 10.3. The van der Waals surface area contributed by atoms with Gasteiger partial charge in [-0.05, 0) is 32.8 Å². The summed E-state index contributed by atoms with van der Waals surface area (Å²) in [7, 11) is -5.52. The van der Waals surface area contributed by atoms with E-state index in [2.05, 4.69) is 55.0 Å². The molecule has 1 N–H and O–H groups in total. The third-order valence-electron chi connectivity index (χ3n) is 4.01. The summed E-state index contributed by atoms with van der Waals surface area (Å²) in [5.41, 5.74) is 1.99. The molecule has 3 nitrogen and oxygen atoms in total. The Morgan fingerprint density at radius 1 is 1.13 bits per heavy atom. The van der Waals surface area contributed by atoms with E-state index in [1.54, 1.807) is 6.07 Å². The van der Waals surface area contributed by atoms with Crippen LogP contribution >= 0.6 is 0 Å². The summed E-state index contributed by atoms with van der Waals surface area (Å²) < 4.78 is 34.3. The summed E-state index contributed by atoms with van der Waals surface area (Å²) in [5, 5.41) is 0.840. The summed E-state index contributed by atoms with van der Waals surface area (Å²) in [4.78, 5) is 0.0659. The minimum Gasteiger partial charge on any atom is -0.282 e. The Balaban J connectivity index is 4.04. The molecule has 1 rings (SSSR count). The van der Waals surface area contributed by atoms with Crippen molar-refractivity contribution in [3.63, 3.8) is 0 Å². The fourth-order valence-electron chi connectivity index (χ4n) is 3.19. The Morgan fingerprint density at radius 2 is 1.61 bits per heavy atom. The van der Waals surface area contributed by atoms with Crippen LogP contribution in [-0.4, -0.2) is 21.8 Å². The van der Waals surface area contributed by atoms with Gasteiger partial charge in [-0.2, -0.15) is 8.42 Å². The fourth-order valence-corrected chi connectivity index (χ4v) is 8.41. The Bertz CT molecular complexity index is 675. The molecule has 0 aliphatic carbocycles. The van der Waals surface area contributed by atoms with Crippen LogP contribution in [0.1, 0.15) is 59.6 Å². The van der Waals surface area contributed by atoms with Gasteiger partial charge in [-0.3, -0.25) is 4.55 Å². The smallest absolute Gasteiger partial charge is 0.282 e. The predicted octanol–water partition coefficient (Wildman–Crippen LogP) is 4.40. The van der Waals surface area contributed by atoms with Crippen molar-refractivity contribution < 1.29 is 13.0 Å². The average molecular weight is 354 g/mol. The lowest BCUT2D eigenvalue weighted by atomic mass is 9.86. The molecule has 23 heavy (non-hydrogen) atoms. The van der Waals surface area contributed by atoms with Gasteiger partial charge in [0.25, 0.3) is 10.1 Å². The minimum absolute atomic E-state index is 0.0659. The van der Waals surface area contributed by atoms with Crippen molar-refractivity contribution in [2.24, 2.45) is 0 Å². The highest BCUT2D eigenvalue weighted by Gasteiger charge is 2.35. The summed E-state index contributed by atoms with van der Waals surface area (Å²) in [6.45, 7) is 18.5. The number of hydrogen-bond acceptors (Lipinski definition) is 2. The molecule has 0 aromatic heterocycles. The zero-order valence-corrected chi connectivity index (χ0v) is 17.1. The lowest BCUT2D eigenvalue weighted by Gasteiger charge is -2.32. The Morgan fingerprint density at radius 3 is 1.91 bits per heavy atom. The van der Waals surface area contributed by atoms with Gasteiger partial charge in [-0.25, -0.2) is 0 Å². The van der Waals surface area contributed by atoms with Gasteiger partial charge >= 0.3 is 0 Å². The van der Waals surface area contributed by atoms with Crippen LogP contribution in [0.25, 0.3) is 6.08 Å². The van der Waals surface area contributed by atoms with E-state index in [9.17, 15) is 13.0 Å². The van der Waals surface area contributed by atoms with Gasteiger partial charge in [-0.1, -0.05) is 73.3 Å². The van der Waals surface area contributed by atoms with Crippen LogP contribution in [0.5, 0.6) is 0 Å². The molecule has 1 radical (unpaired) electrons. The molecule has 129 valence electrons. The standard InChI is InChI=1S/C18H29O3SSi/c1-9-14-10-11-15(18(6,7)8)17(16(14)22(19,20)21)23(12(2)3)13(4)5/h9-13H,1H2,2-8H3,(H,19,20,21). The minimum atomic E-state index is -4.32. The van der Waals surface area contributed by atoms with Crippen molar-refractivity contribution in [2.45, 2.75) is 69.9 Å². The second-order valence-electron chi connectivity index (χ2n) is 7.60. The molecule has 0 fully saturated rings. The van der Waals surface area contributed by atoms with E-state index >= 15 is 0 Å². The van der Waals surface area contributed by atoms with Crippen LogP contribution in [0, 0.1) is 0 Å². The Hall–Kier alpha value is -0.913. The van der Waals surface area contributed by atoms with E-state index in [1.807, 2.05) is 6.07 Å². The number of rotatable bonds is 5. The highest BCUT2D eigenvalue weighted by atomic mass is 32.2. The first-order valence-electron chi connectivity index (χ1n) is 7.96. The van der Waals surface area contributed by atoms with Crippen LogP contribution in [0.15, 0.2) is 23.6 Å². The number of hydrogen-bond donors (Lipinski definition) is 1. The molecular weight excluding hydrogens is 324 g/mol. The maximum Gasteiger partial charge on any atom is 0.294 e. The van der Waals surface area contributed by atoms with Crippen LogP contribution in [0.4, 0.5) is 0 Å². The maximum absolute atomic E-state index is 12.2. The van der Waals surface area contributed by atoms with Gasteiger partial charge in [0.1, 0.15) is 4.90 Å². The SMILES string of the molecule is C=Cc1ccc(C(C)(C)C)c([Si](C(C)C)C(C)C)c1S(=O)(=O)O. The van der Waals surface area contributed by atoms with E-state index in [0.29, 0.717) is 16.6 Å². The van der Waals surface area contributed by atoms with Gasteiger partial charge in [0.2, 0.25) is 0 Å². The molecule has 0 saturated heterocycles. The van der Waals surface area contributed by atoms with Crippen molar-refractivity contribution in [1.82, 2.24) is 0 Å². The first kappa shape index (κ1) is 20.1.